The summed E-state index contributed by atoms with van der Waals surface area (Å²) in [7, 11) is 1.11. The number of carbonyl (C=O) groups is 2. The topological polar surface area (TPSA) is 152 Å². The van der Waals surface area contributed by atoms with E-state index in [-0.39, 0.29) is 17.1 Å². The van der Waals surface area contributed by atoms with Gasteiger partial charge >= 0.3 is 18.1 Å². The summed E-state index contributed by atoms with van der Waals surface area (Å²) in [4.78, 5) is 37.0. The quantitative estimate of drug-likeness (QED) is 0.572. The molecule has 1 heterocycles. The molecule has 12 heteroatoms. The average Bonchev–Trinajstić information content (AvgIpc) is 2.57. The fraction of sp³-hybridized carbons (Fsp3) is 0.188. The van der Waals surface area contributed by atoms with Gasteiger partial charge in [-0.15, -0.1) is 0 Å². The lowest BCUT2D eigenvalue weighted by Gasteiger charge is -2.16. The standard InChI is InChI=1S/C16H13F3N2O7/c1-27-8-4-6(2-3-7(8)28-5-16(17,18)19)9-10(14(23)24)12(20)21-13(22)11(9)15(25)26/h2-4H,5H2,1H3,(H,23,24)(H,25,26)(H3,20,21,22). The number of ether oxygens (including phenoxy) is 2. The number of methoxy groups -OCH3 is 1. The summed E-state index contributed by atoms with van der Waals surface area (Å²) in [6, 6.07) is 3.15. The first-order valence-corrected chi connectivity index (χ1v) is 7.36. The maximum Gasteiger partial charge on any atom is 0.422 e. The molecule has 0 radical (unpaired) electrons. The van der Waals surface area contributed by atoms with Gasteiger partial charge < -0.3 is 30.4 Å². The highest BCUT2D eigenvalue weighted by molar-refractivity contribution is 6.07. The molecule has 0 amide bonds. The van der Waals surface area contributed by atoms with Crippen LogP contribution in [-0.2, 0) is 0 Å². The number of H-pyrrole nitrogens is 1. The Bertz CT molecular complexity index is 999. The molecule has 1 aromatic heterocycles. The largest absolute Gasteiger partial charge is 0.493 e. The van der Waals surface area contributed by atoms with E-state index in [1.54, 1.807) is 0 Å². The molecule has 150 valence electrons. The van der Waals surface area contributed by atoms with Crippen molar-refractivity contribution >= 4 is 17.8 Å². The second-order valence-corrected chi connectivity index (χ2v) is 5.37. The number of carboxylic acids is 2. The minimum Gasteiger partial charge on any atom is -0.493 e. The number of benzene rings is 1. The highest BCUT2D eigenvalue weighted by Gasteiger charge is 2.30. The van der Waals surface area contributed by atoms with Gasteiger partial charge in [0.1, 0.15) is 16.9 Å². The van der Waals surface area contributed by atoms with Crippen LogP contribution in [0, 0.1) is 0 Å². The van der Waals surface area contributed by atoms with Gasteiger partial charge in [0, 0.05) is 5.56 Å². The molecule has 0 bridgehead atoms. The van der Waals surface area contributed by atoms with Crippen LogP contribution in [0.5, 0.6) is 11.5 Å². The first kappa shape index (κ1) is 20.6. The average molecular weight is 402 g/mol. The SMILES string of the molecule is COc1cc(-c2c(C(=O)O)c(N)[nH]c(=O)c2C(=O)O)ccc1OCC(F)(F)F. The summed E-state index contributed by atoms with van der Waals surface area (Å²) in [5.41, 5.74) is 2.11. The lowest BCUT2D eigenvalue weighted by atomic mass is 9.95. The molecule has 5 N–H and O–H groups in total. The Morgan fingerprint density at radius 3 is 2.25 bits per heavy atom. The number of carboxylic acid groups (broad SMARTS) is 2. The van der Waals surface area contributed by atoms with Crippen LogP contribution in [0.1, 0.15) is 20.7 Å². The summed E-state index contributed by atoms with van der Waals surface area (Å²) in [5, 5.41) is 18.7. The molecular weight excluding hydrogens is 389 g/mol. The molecule has 0 atom stereocenters. The smallest absolute Gasteiger partial charge is 0.422 e. The van der Waals surface area contributed by atoms with E-state index in [9.17, 15) is 37.8 Å². The number of aromatic nitrogens is 1. The van der Waals surface area contributed by atoms with E-state index in [0.717, 1.165) is 25.3 Å². The number of aromatic carboxylic acids is 2. The zero-order valence-corrected chi connectivity index (χ0v) is 14.1. The van der Waals surface area contributed by atoms with Crippen molar-refractivity contribution in [3.63, 3.8) is 0 Å². The van der Waals surface area contributed by atoms with Crippen molar-refractivity contribution in [2.24, 2.45) is 0 Å². The van der Waals surface area contributed by atoms with Crippen molar-refractivity contribution in [1.82, 2.24) is 4.98 Å². The molecule has 0 aliphatic carbocycles. The first-order valence-electron chi connectivity index (χ1n) is 7.36. The van der Waals surface area contributed by atoms with Gasteiger partial charge in [0.05, 0.1) is 7.11 Å². The van der Waals surface area contributed by atoms with Crippen LogP contribution in [-0.4, -0.2) is 47.0 Å². The lowest BCUT2D eigenvalue weighted by molar-refractivity contribution is -0.153. The second-order valence-electron chi connectivity index (χ2n) is 5.37. The Hall–Kier alpha value is -3.70. The molecule has 9 nitrogen and oxygen atoms in total. The highest BCUT2D eigenvalue weighted by atomic mass is 19.4. The number of hydrogen-bond acceptors (Lipinski definition) is 6. The number of hydrogen-bond donors (Lipinski definition) is 4. The Morgan fingerprint density at radius 2 is 1.75 bits per heavy atom. The molecule has 0 unspecified atom stereocenters. The number of nitrogen functional groups attached to an aromatic ring is 1. The maximum absolute atomic E-state index is 12.3. The number of alkyl halides is 3. The van der Waals surface area contributed by atoms with Gasteiger partial charge in [-0.3, -0.25) is 4.79 Å². The van der Waals surface area contributed by atoms with Gasteiger partial charge in [0.2, 0.25) is 0 Å². The van der Waals surface area contributed by atoms with Crippen LogP contribution in [0.3, 0.4) is 0 Å². The predicted molar refractivity (Wildman–Crippen MR) is 88.9 cm³/mol. The van der Waals surface area contributed by atoms with Crippen LogP contribution in [0.4, 0.5) is 19.0 Å². The Kier molecular flexibility index (Phi) is 5.52. The van der Waals surface area contributed by atoms with E-state index < -0.39 is 52.8 Å². The predicted octanol–water partition coefficient (Wildman–Crippen LogP) is 1.97. The minimum atomic E-state index is -4.61. The van der Waals surface area contributed by atoms with Crippen molar-refractivity contribution in [2.45, 2.75) is 6.18 Å². The van der Waals surface area contributed by atoms with Gasteiger partial charge in [-0.05, 0) is 17.7 Å². The molecule has 0 spiro atoms. The molecule has 28 heavy (non-hydrogen) atoms. The molecule has 1 aromatic carbocycles. The van der Waals surface area contributed by atoms with Gasteiger partial charge in [-0.2, -0.15) is 13.2 Å². The summed E-state index contributed by atoms with van der Waals surface area (Å²) in [5.74, 6) is -4.50. The number of halogens is 3. The zero-order valence-electron chi connectivity index (χ0n) is 14.1. The molecule has 2 aromatic rings. The molecule has 0 aliphatic rings. The van der Waals surface area contributed by atoms with Gasteiger partial charge in [-0.1, -0.05) is 6.07 Å². The van der Waals surface area contributed by atoms with Crippen molar-refractivity contribution in [3.05, 3.63) is 39.7 Å². The molecule has 0 fully saturated rings. The summed E-state index contributed by atoms with van der Waals surface area (Å²) < 4.78 is 46.6. The van der Waals surface area contributed by atoms with Gasteiger partial charge in [0.25, 0.3) is 5.56 Å². The van der Waals surface area contributed by atoms with Crippen molar-refractivity contribution in [3.8, 4) is 22.6 Å². The highest BCUT2D eigenvalue weighted by Crippen LogP contribution is 2.36. The van der Waals surface area contributed by atoms with Crippen molar-refractivity contribution in [2.75, 3.05) is 19.5 Å². The van der Waals surface area contributed by atoms with Crippen LogP contribution in [0.15, 0.2) is 23.0 Å². The number of anilines is 1. The second kappa shape index (κ2) is 7.50. The number of pyridine rings is 1. The van der Waals surface area contributed by atoms with E-state index in [2.05, 4.69) is 4.74 Å². The minimum absolute atomic E-state index is 0.135. The number of nitrogens with one attached hydrogen (secondary N) is 1. The summed E-state index contributed by atoms with van der Waals surface area (Å²) in [6.45, 7) is -1.61. The zero-order chi connectivity index (χ0) is 21.2. The third-order valence-corrected chi connectivity index (χ3v) is 3.52. The summed E-state index contributed by atoms with van der Waals surface area (Å²) in [6.07, 6.45) is -4.61. The van der Waals surface area contributed by atoms with Crippen LogP contribution >= 0.6 is 0 Å². The van der Waals surface area contributed by atoms with Crippen molar-refractivity contribution < 1.29 is 42.4 Å². The number of aromatic amines is 1. The third-order valence-electron chi connectivity index (χ3n) is 3.52. The normalized spacial score (nSPS) is 11.1. The van der Waals surface area contributed by atoms with E-state index in [1.165, 1.54) is 0 Å². The van der Waals surface area contributed by atoms with Crippen molar-refractivity contribution in [1.29, 1.82) is 0 Å². The first-order chi connectivity index (χ1) is 13.0. The molecule has 0 aliphatic heterocycles. The monoisotopic (exact) mass is 402 g/mol. The van der Waals surface area contributed by atoms with Gasteiger partial charge in [0.15, 0.2) is 18.1 Å². The Balaban J connectivity index is 2.72. The molecular formula is C16H13F3N2O7. The van der Waals surface area contributed by atoms with E-state index in [0.29, 0.717) is 0 Å². The molecule has 2 rings (SSSR count). The fourth-order valence-electron chi connectivity index (χ4n) is 2.44. The van der Waals surface area contributed by atoms with E-state index >= 15 is 0 Å². The van der Waals surface area contributed by atoms with E-state index in [1.807, 2.05) is 4.98 Å². The molecule has 0 saturated heterocycles. The fourth-order valence-corrected chi connectivity index (χ4v) is 2.44. The van der Waals surface area contributed by atoms with Crippen LogP contribution in [0.2, 0.25) is 0 Å². The van der Waals surface area contributed by atoms with Gasteiger partial charge in [-0.25, -0.2) is 9.59 Å². The number of nitrogens with two attached hydrogens (primary N) is 1. The van der Waals surface area contributed by atoms with Crippen LogP contribution in [0.25, 0.3) is 11.1 Å². The maximum atomic E-state index is 12.3. The summed E-state index contributed by atoms with van der Waals surface area (Å²) >= 11 is 0. The number of rotatable bonds is 6. The Labute approximate surface area is 154 Å². The van der Waals surface area contributed by atoms with Crippen LogP contribution < -0.4 is 20.8 Å². The third kappa shape index (κ3) is 4.16. The lowest BCUT2D eigenvalue weighted by Crippen LogP contribution is -2.24. The van der Waals surface area contributed by atoms with E-state index in [4.69, 9.17) is 10.5 Å². The molecule has 0 saturated carbocycles. The Morgan fingerprint density at radius 1 is 1.14 bits per heavy atom.